The molecule has 0 heterocycles. The third-order valence-electron chi connectivity index (χ3n) is 1.28. The van der Waals surface area contributed by atoms with Gasteiger partial charge >= 0.3 is 0 Å². The fourth-order valence-electron chi connectivity index (χ4n) is 0.790. The van der Waals surface area contributed by atoms with Crippen LogP contribution in [0.4, 0.5) is 4.53 Å². The Morgan fingerprint density at radius 3 is 2.55 bits per heavy atom. The van der Waals surface area contributed by atoms with Crippen LogP contribution in [0.25, 0.3) is 0 Å². The first-order chi connectivity index (χ1) is 5.33. The molecular weight excluding hydrogens is 166 g/mol. The summed E-state index contributed by atoms with van der Waals surface area (Å²) >= 11 is 0. The molecule has 11 heavy (non-hydrogen) atoms. The van der Waals surface area contributed by atoms with Crippen LogP contribution < -0.4 is 0 Å². The summed E-state index contributed by atoms with van der Waals surface area (Å²) in [5.41, 5.74) is 0.828. The maximum atomic E-state index is 11.3. The summed E-state index contributed by atoms with van der Waals surface area (Å²) in [5.74, 6) is 0. The summed E-state index contributed by atoms with van der Waals surface area (Å²) in [6, 6.07) is 9.02. The lowest BCUT2D eigenvalue weighted by atomic mass is 10.2. The zero-order valence-electron chi connectivity index (χ0n) is 5.79. The zero-order valence-corrected chi connectivity index (χ0v) is 6.79. The van der Waals surface area contributed by atoms with Gasteiger partial charge in [-0.3, -0.25) is 4.57 Å². The van der Waals surface area contributed by atoms with E-state index < -0.39 is 8.03 Å². The fourth-order valence-corrected chi connectivity index (χ4v) is 1.41. The van der Waals surface area contributed by atoms with Crippen LogP contribution in [-0.2, 0) is 15.5 Å². The van der Waals surface area contributed by atoms with Crippen molar-refractivity contribution in [1.29, 1.82) is 0 Å². The van der Waals surface area contributed by atoms with Crippen LogP contribution in [0.1, 0.15) is 5.56 Å². The van der Waals surface area contributed by atoms with Gasteiger partial charge in [-0.2, -0.15) is 0 Å². The van der Waals surface area contributed by atoms with Crippen LogP contribution in [-0.4, -0.2) is 0 Å². The molecule has 2 nitrogen and oxygen atoms in total. The van der Waals surface area contributed by atoms with Gasteiger partial charge in [-0.1, -0.05) is 30.3 Å². The van der Waals surface area contributed by atoms with Gasteiger partial charge in [0.25, 0.3) is 0 Å². The van der Waals surface area contributed by atoms with Crippen LogP contribution in [0.2, 0.25) is 0 Å². The van der Waals surface area contributed by atoms with Crippen molar-refractivity contribution < 1.29 is 13.8 Å². The lowest BCUT2D eigenvalue weighted by molar-refractivity contribution is 0.00441. The average Bonchev–Trinajstić information content (AvgIpc) is 2.06. The Balaban J connectivity index is 2.58. The summed E-state index contributed by atoms with van der Waals surface area (Å²) in [6.07, 6.45) is 0.169. The van der Waals surface area contributed by atoms with E-state index in [0.717, 1.165) is 5.56 Å². The van der Waals surface area contributed by atoms with Crippen molar-refractivity contribution in [3.05, 3.63) is 35.9 Å². The minimum absolute atomic E-state index is 0.169. The van der Waals surface area contributed by atoms with Crippen molar-refractivity contribution in [3.8, 4) is 0 Å². The van der Waals surface area contributed by atoms with Gasteiger partial charge in [-0.25, -0.2) is 0 Å². The molecule has 0 spiro atoms. The number of halogens is 1. The second-order valence-corrected chi connectivity index (χ2v) is 3.36. The normalized spacial score (nSPS) is 12.8. The molecule has 0 aromatic heterocycles. The van der Waals surface area contributed by atoms with Crippen molar-refractivity contribution in [2.75, 3.05) is 0 Å². The SMILES string of the molecule is O=[PH](Cc1ccccc1)OF. The fraction of sp³-hybridized carbons (Fsp3) is 0.143. The molecular formula is C7H8FO2P. The van der Waals surface area contributed by atoms with Crippen molar-refractivity contribution in [3.63, 3.8) is 0 Å². The topological polar surface area (TPSA) is 26.3 Å². The third-order valence-corrected chi connectivity index (χ3v) is 2.15. The lowest BCUT2D eigenvalue weighted by Crippen LogP contribution is -1.77. The lowest BCUT2D eigenvalue weighted by Gasteiger charge is -1.95. The molecule has 0 amide bonds. The number of benzene rings is 1. The molecule has 1 atom stereocenters. The zero-order chi connectivity index (χ0) is 8.10. The third kappa shape index (κ3) is 2.83. The van der Waals surface area contributed by atoms with Gasteiger partial charge in [0.1, 0.15) is 0 Å². The van der Waals surface area contributed by atoms with Gasteiger partial charge in [0, 0.05) is 0 Å². The first-order valence-corrected chi connectivity index (χ1v) is 4.70. The van der Waals surface area contributed by atoms with E-state index in [-0.39, 0.29) is 6.16 Å². The second kappa shape index (κ2) is 4.27. The Hall–Kier alpha value is -0.660. The average molecular weight is 174 g/mol. The van der Waals surface area contributed by atoms with Crippen molar-refractivity contribution >= 4 is 8.03 Å². The van der Waals surface area contributed by atoms with E-state index in [1.54, 1.807) is 12.1 Å². The molecule has 0 N–H and O–H groups in total. The van der Waals surface area contributed by atoms with Crippen LogP contribution >= 0.6 is 8.03 Å². The number of hydrogen-bond acceptors (Lipinski definition) is 2. The second-order valence-electron chi connectivity index (χ2n) is 2.11. The van der Waals surface area contributed by atoms with Gasteiger partial charge < -0.3 is 0 Å². The van der Waals surface area contributed by atoms with Crippen LogP contribution in [0, 0.1) is 0 Å². The molecule has 1 aromatic rings. The summed E-state index contributed by atoms with van der Waals surface area (Å²) in [4.78, 5) is 0. The summed E-state index contributed by atoms with van der Waals surface area (Å²) in [7, 11) is -2.50. The Bertz CT molecular complexity index is 237. The van der Waals surface area contributed by atoms with E-state index in [2.05, 4.69) is 4.73 Å². The van der Waals surface area contributed by atoms with Crippen molar-refractivity contribution in [2.24, 2.45) is 0 Å². The number of hydrogen-bond donors (Lipinski definition) is 0. The summed E-state index contributed by atoms with van der Waals surface area (Å²) in [6.45, 7) is 0. The molecule has 1 rings (SSSR count). The van der Waals surface area contributed by atoms with Crippen molar-refractivity contribution in [2.45, 2.75) is 6.16 Å². The highest BCUT2D eigenvalue weighted by Crippen LogP contribution is 2.27. The Morgan fingerprint density at radius 1 is 1.36 bits per heavy atom. The van der Waals surface area contributed by atoms with Gasteiger partial charge in [0.2, 0.25) is 8.03 Å². The monoisotopic (exact) mass is 174 g/mol. The highest BCUT2D eigenvalue weighted by molar-refractivity contribution is 7.38. The first kappa shape index (κ1) is 8.44. The van der Waals surface area contributed by atoms with Crippen LogP contribution in [0.15, 0.2) is 30.3 Å². The maximum Gasteiger partial charge on any atom is 0.234 e. The molecule has 1 aromatic carbocycles. The smallest absolute Gasteiger partial charge is 0.234 e. The van der Waals surface area contributed by atoms with Crippen molar-refractivity contribution in [1.82, 2.24) is 0 Å². The standard InChI is InChI=1S/C7H8FO2P/c8-10-11(9)6-7-4-2-1-3-5-7/h1-5,11H,6H2. The first-order valence-electron chi connectivity index (χ1n) is 3.18. The van der Waals surface area contributed by atoms with Crippen LogP contribution in [0.3, 0.4) is 0 Å². The molecule has 0 bridgehead atoms. The van der Waals surface area contributed by atoms with Gasteiger partial charge in [-0.05, 0) is 10.1 Å². The molecule has 0 fully saturated rings. The van der Waals surface area contributed by atoms with Gasteiger partial charge in [0.05, 0.1) is 6.16 Å². The van der Waals surface area contributed by atoms with E-state index in [1.807, 2.05) is 18.2 Å². The van der Waals surface area contributed by atoms with E-state index in [1.165, 1.54) is 0 Å². The minimum Gasteiger partial charge on any atom is -0.293 e. The maximum absolute atomic E-state index is 11.3. The molecule has 60 valence electrons. The highest BCUT2D eigenvalue weighted by Gasteiger charge is 1.99. The van der Waals surface area contributed by atoms with Gasteiger partial charge in [0.15, 0.2) is 0 Å². The minimum atomic E-state index is -2.50. The predicted molar refractivity (Wildman–Crippen MR) is 41.3 cm³/mol. The molecule has 0 saturated carbocycles. The predicted octanol–water partition coefficient (Wildman–Crippen LogP) is 2.56. The largest absolute Gasteiger partial charge is 0.293 e. The Labute approximate surface area is 64.8 Å². The molecule has 0 aliphatic carbocycles. The molecule has 0 saturated heterocycles. The molecule has 4 heteroatoms. The quantitative estimate of drug-likeness (QED) is 0.658. The van der Waals surface area contributed by atoms with E-state index in [9.17, 15) is 9.09 Å². The molecule has 0 radical (unpaired) electrons. The summed E-state index contributed by atoms with van der Waals surface area (Å²) < 4.78 is 25.1. The van der Waals surface area contributed by atoms with E-state index >= 15 is 0 Å². The van der Waals surface area contributed by atoms with Gasteiger partial charge in [-0.15, -0.1) is 4.73 Å². The molecule has 0 aliphatic heterocycles. The van der Waals surface area contributed by atoms with E-state index in [0.29, 0.717) is 0 Å². The Kier molecular flexibility index (Phi) is 3.27. The molecule has 0 aliphatic rings. The summed E-state index contributed by atoms with van der Waals surface area (Å²) in [5, 5.41) is 0. The van der Waals surface area contributed by atoms with E-state index in [4.69, 9.17) is 0 Å². The highest BCUT2D eigenvalue weighted by atomic mass is 31.1. The molecule has 1 unspecified atom stereocenters. The number of rotatable bonds is 3. The van der Waals surface area contributed by atoms with Crippen LogP contribution in [0.5, 0.6) is 0 Å². The Morgan fingerprint density at radius 2 is 2.00 bits per heavy atom.